The van der Waals surface area contributed by atoms with Gasteiger partial charge in [0.25, 0.3) is 5.56 Å². The van der Waals surface area contributed by atoms with E-state index >= 15 is 0 Å². The van der Waals surface area contributed by atoms with Crippen molar-refractivity contribution in [3.63, 3.8) is 0 Å². The molecule has 4 aromatic heterocycles. The van der Waals surface area contributed by atoms with Crippen molar-refractivity contribution in [3.8, 4) is 22.8 Å². The Bertz CT molecular complexity index is 1540. The number of pyridine rings is 3. The first kappa shape index (κ1) is 26.3. The Morgan fingerprint density at radius 1 is 1.11 bits per heavy atom. The van der Waals surface area contributed by atoms with Gasteiger partial charge in [-0.25, -0.2) is 18.7 Å². The third-order valence-corrected chi connectivity index (χ3v) is 5.92. The van der Waals surface area contributed by atoms with Gasteiger partial charge in [-0.1, -0.05) is 11.6 Å². The molecule has 0 bridgehead atoms. The first-order valence-electron chi connectivity index (χ1n) is 11.0. The minimum Gasteiger partial charge on any atom is -0.485 e. The van der Waals surface area contributed by atoms with E-state index in [1.807, 2.05) is 0 Å². The predicted octanol–water partition coefficient (Wildman–Crippen LogP) is 3.41. The van der Waals surface area contributed by atoms with Crippen LogP contribution in [0.3, 0.4) is 0 Å². The number of nitrogens with zero attached hydrogens (tertiary/aromatic N) is 5. The van der Waals surface area contributed by atoms with Crippen molar-refractivity contribution >= 4 is 11.6 Å². The highest BCUT2D eigenvalue weighted by atomic mass is 35.5. The molecule has 9 nitrogen and oxygen atoms in total. The number of aryl methyl sites for hydroxylation is 2. The van der Waals surface area contributed by atoms with Crippen LogP contribution in [0.15, 0.2) is 47.7 Å². The van der Waals surface area contributed by atoms with Gasteiger partial charge in [-0.3, -0.25) is 19.3 Å². The summed E-state index contributed by atoms with van der Waals surface area (Å²) in [6.07, 6.45) is 3.86. The molecule has 0 aromatic carbocycles. The molecule has 4 aromatic rings. The summed E-state index contributed by atoms with van der Waals surface area (Å²) in [6.45, 7) is 3.88. The Hall–Kier alpha value is -3.80. The van der Waals surface area contributed by atoms with Crippen molar-refractivity contribution in [2.24, 2.45) is 0 Å². The van der Waals surface area contributed by atoms with Gasteiger partial charge < -0.3 is 14.9 Å². The molecule has 0 aliphatic heterocycles. The van der Waals surface area contributed by atoms with Gasteiger partial charge in [0.1, 0.15) is 34.5 Å². The van der Waals surface area contributed by atoms with Gasteiger partial charge in [-0.15, -0.1) is 0 Å². The SMILES string of the molecule is Cc1cnc(-c2ccnc([C@@](C)(O)CO)n2)cc1-n1c(C)cc(OCc2ncc(F)cc2F)c(Cl)c1=O. The number of ether oxygens (including phenoxy) is 1. The summed E-state index contributed by atoms with van der Waals surface area (Å²) in [4.78, 5) is 29.6. The number of hydrogen-bond donors (Lipinski definition) is 2. The number of aliphatic hydroxyl groups excluding tert-OH is 1. The zero-order valence-electron chi connectivity index (χ0n) is 20.0. The second-order valence-corrected chi connectivity index (χ2v) is 8.91. The van der Waals surface area contributed by atoms with Crippen molar-refractivity contribution in [2.75, 3.05) is 6.61 Å². The Labute approximate surface area is 215 Å². The summed E-state index contributed by atoms with van der Waals surface area (Å²) in [7, 11) is 0. The van der Waals surface area contributed by atoms with Crippen molar-refractivity contribution in [2.45, 2.75) is 33.0 Å². The highest BCUT2D eigenvalue weighted by Crippen LogP contribution is 2.27. The van der Waals surface area contributed by atoms with E-state index in [-0.39, 0.29) is 28.9 Å². The standard InChI is InChI=1S/C25H22ClF2N5O4/c1-13-9-30-18(17-4-5-29-24(32-17)25(3,36)12-34)8-20(13)33-14(2)6-21(22(26)23(33)35)37-11-19-16(28)7-15(27)10-31-19/h4-10,34,36H,11-12H2,1-3H3/t25-/m0/s1. The van der Waals surface area contributed by atoms with E-state index in [0.717, 1.165) is 6.20 Å². The lowest BCUT2D eigenvalue weighted by molar-refractivity contribution is -0.00962. The first-order valence-corrected chi connectivity index (χ1v) is 11.4. The maximum absolute atomic E-state index is 13.9. The lowest BCUT2D eigenvalue weighted by Gasteiger charge is -2.19. The zero-order chi connectivity index (χ0) is 26.9. The van der Waals surface area contributed by atoms with Crippen molar-refractivity contribution in [3.05, 3.63) is 92.6 Å². The number of aromatic nitrogens is 5. The molecule has 0 aliphatic carbocycles. The van der Waals surface area contributed by atoms with E-state index < -0.39 is 29.4 Å². The topological polar surface area (TPSA) is 123 Å². The monoisotopic (exact) mass is 529 g/mol. The van der Waals surface area contributed by atoms with Gasteiger partial charge in [-0.2, -0.15) is 0 Å². The Morgan fingerprint density at radius 3 is 2.57 bits per heavy atom. The first-order chi connectivity index (χ1) is 17.5. The van der Waals surface area contributed by atoms with E-state index in [0.29, 0.717) is 34.4 Å². The van der Waals surface area contributed by atoms with Crippen LogP contribution >= 0.6 is 11.6 Å². The Balaban J connectivity index is 1.72. The lowest BCUT2D eigenvalue weighted by Crippen LogP contribution is -2.28. The van der Waals surface area contributed by atoms with E-state index in [1.54, 1.807) is 32.2 Å². The van der Waals surface area contributed by atoms with Crippen LogP contribution in [0.25, 0.3) is 17.1 Å². The molecule has 192 valence electrons. The molecule has 0 aliphatic rings. The average molecular weight is 530 g/mol. The largest absolute Gasteiger partial charge is 0.485 e. The van der Waals surface area contributed by atoms with Crippen LogP contribution in [-0.4, -0.2) is 41.3 Å². The quantitative estimate of drug-likeness (QED) is 0.373. The predicted molar refractivity (Wildman–Crippen MR) is 130 cm³/mol. The molecule has 0 saturated heterocycles. The van der Waals surface area contributed by atoms with Gasteiger partial charge in [-0.05, 0) is 38.5 Å². The zero-order valence-corrected chi connectivity index (χ0v) is 20.8. The highest BCUT2D eigenvalue weighted by molar-refractivity contribution is 6.31. The van der Waals surface area contributed by atoms with E-state index in [4.69, 9.17) is 16.3 Å². The molecular formula is C25H22ClF2N5O4. The van der Waals surface area contributed by atoms with Crippen molar-refractivity contribution in [1.82, 2.24) is 24.5 Å². The van der Waals surface area contributed by atoms with Gasteiger partial charge in [0.15, 0.2) is 11.6 Å². The smallest absolute Gasteiger partial charge is 0.277 e. The summed E-state index contributed by atoms with van der Waals surface area (Å²) < 4.78 is 33.9. The van der Waals surface area contributed by atoms with Gasteiger partial charge in [0.2, 0.25) is 0 Å². The fraction of sp³-hybridized carbons (Fsp3) is 0.240. The summed E-state index contributed by atoms with van der Waals surface area (Å²) in [6, 6.07) is 5.43. The number of rotatable bonds is 7. The van der Waals surface area contributed by atoms with Crippen molar-refractivity contribution < 1.29 is 23.7 Å². The third-order valence-electron chi connectivity index (χ3n) is 5.57. The van der Waals surface area contributed by atoms with E-state index in [2.05, 4.69) is 19.9 Å². The molecule has 12 heteroatoms. The molecule has 37 heavy (non-hydrogen) atoms. The molecule has 0 radical (unpaired) electrons. The second-order valence-electron chi connectivity index (χ2n) is 8.53. The molecule has 0 amide bonds. The van der Waals surface area contributed by atoms with Gasteiger partial charge >= 0.3 is 0 Å². The summed E-state index contributed by atoms with van der Waals surface area (Å²) in [5.41, 5.74) is -0.0243. The molecule has 4 heterocycles. The fourth-order valence-electron chi connectivity index (χ4n) is 3.51. The highest BCUT2D eigenvalue weighted by Gasteiger charge is 2.26. The number of hydrogen-bond acceptors (Lipinski definition) is 8. The van der Waals surface area contributed by atoms with Crippen LogP contribution in [0.1, 0.15) is 29.7 Å². The summed E-state index contributed by atoms with van der Waals surface area (Å²) in [5, 5.41) is 19.5. The number of halogens is 3. The fourth-order valence-corrected chi connectivity index (χ4v) is 3.70. The third kappa shape index (κ3) is 5.33. The van der Waals surface area contributed by atoms with E-state index in [1.165, 1.54) is 23.8 Å². The number of aliphatic hydroxyl groups is 2. The minimum atomic E-state index is -1.65. The molecule has 0 spiro atoms. The van der Waals surface area contributed by atoms with E-state index in [9.17, 15) is 23.8 Å². The summed E-state index contributed by atoms with van der Waals surface area (Å²) >= 11 is 6.33. The molecule has 0 unspecified atom stereocenters. The van der Waals surface area contributed by atoms with Crippen LogP contribution in [0.5, 0.6) is 5.75 Å². The molecular weight excluding hydrogens is 508 g/mol. The van der Waals surface area contributed by atoms with Gasteiger partial charge in [0, 0.05) is 30.2 Å². The van der Waals surface area contributed by atoms with Crippen LogP contribution < -0.4 is 10.3 Å². The van der Waals surface area contributed by atoms with Crippen LogP contribution in [-0.2, 0) is 12.2 Å². The second kappa shape index (κ2) is 10.3. The van der Waals surface area contributed by atoms with Crippen LogP contribution in [0.4, 0.5) is 8.78 Å². The van der Waals surface area contributed by atoms with Crippen LogP contribution in [0.2, 0.25) is 5.02 Å². The Kier molecular flexibility index (Phi) is 7.30. The minimum absolute atomic E-state index is 0.0152. The van der Waals surface area contributed by atoms with Crippen LogP contribution in [0, 0.1) is 25.5 Å². The maximum Gasteiger partial charge on any atom is 0.277 e. The maximum atomic E-state index is 13.9. The Morgan fingerprint density at radius 2 is 1.86 bits per heavy atom. The molecule has 0 saturated carbocycles. The van der Waals surface area contributed by atoms with Crippen molar-refractivity contribution in [1.29, 1.82) is 0 Å². The average Bonchev–Trinajstić information content (AvgIpc) is 2.87. The lowest BCUT2D eigenvalue weighted by atomic mass is 10.1. The molecule has 4 rings (SSSR count). The molecule has 2 N–H and O–H groups in total. The molecule has 1 atom stereocenters. The van der Waals surface area contributed by atoms with Gasteiger partial charge in [0.05, 0.1) is 29.9 Å². The molecule has 0 fully saturated rings. The summed E-state index contributed by atoms with van der Waals surface area (Å²) in [5.74, 6) is -1.66. The normalized spacial score (nSPS) is 12.9.